The van der Waals surface area contributed by atoms with E-state index >= 15 is 0 Å². The number of fused-ring (bicyclic) bond motifs is 3. The highest BCUT2D eigenvalue weighted by Gasteiger charge is 2.28. The molecule has 14 heterocycles. The van der Waals surface area contributed by atoms with Crippen molar-refractivity contribution in [2.24, 2.45) is 0 Å². The predicted molar refractivity (Wildman–Crippen MR) is 432 cm³/mol. The minimum Gasteiger partial charge on any atom is -0.379 e. The van der Waals surface area contributed by atoms with Gasteiger partial charge in [0, 0.05) is 198 Å². The summed E-state index contributed by atoms with van der Waals surface area (Å²) in [6.45, 7) is 20.1. The molecular weight excluding hydrogens is 1410 g/mol. The van der Waals surface area contributed by atoms with E-state index in [1.165, 1.54) is 25.9 Å². The van der Waals surface area contributed by atoms with Crippen molar-refractivity contribution in [3.05, 3.63) is 200 Å². The van der Waals surface area contributed by atoms with Crippen molar-refractivity contribution in [3.8, 4) is 40.2 Å². The summed E-state index contributed by atoms with van der Waals surface area (Å²) in [4.78, 5) is 105. The standard InChI is InChI=1S/C29H34N8O3.C28H32N8O.C26H26N8O/c38-28(32-23(19-36-9-13-39-14-10-36)20-37-11-15-40-16-12-37)27-18-21-17-22(4-5-24(21)34-27)33-29-31-8-6-26(35-29)25-3-1-2-7-30-25;37-27(36-17-15-35(16-18-36)14-13-34-11-3-4-12-34)26-20-21-19-22(6-7-23(21)32-26)31-28-30-10-8-25(33-28)24-5-1-2-9-29-24;27-9-2-4-12-33-13-15-34(16-14-33)25(35)24-18-19-17-20(6-7-21(19)31-24)30-26-29-11-8-23(32-26)22-5-1-3-10-28-22/h1-8,17-18,23,34H,9-16,19-20H2,(H,32,38)(H,31,33,35);1-2,5-10,19-20,32H,3-4,11-18H2,(H,30,31,33);1,3,5-8,10-11,17-18,31H,2,4,12-16H2,(H,29,30,32). The van der Waals surface area contributed by atoms with Crippen LogP contribution in [0.1, 0.15) is 57.1 Å². The van der Waals surface area contributed by atoms with Crippen molar-refractivity contribution >= 4 is 85.3 Å². The second kappa shape index (κ2) is 37.1. The maximum atomic E-state index is 13.4. The molecule has 5 aliphatic heterocycles. The largest absolute Gasteiger partial charge is 0.379 e. The van der Waals surface area contributed by atoms with E-state index in [0.717, 1.165) is 215 Å². The van der Waals surface area contributed by atoms with Crippen LogP contribution in [0.4, 0.5) is 34.9 Å². The lowest BCUT2D eigenvalue weighted by molar-refractivity contribution is 0.0177. The number of anilines is 6. The fraction of sp³-hybridized carbons (Fsp3) is 0.337. The summed E-state index contributed by atoms with van der Waals surface area (Å²) >= 11 is 0. The Hall–Kier alpha value is -12.0. The molecule has 574 valence electrons. The van der Waals surface area contributed by atoms with Gasteiger partial charge in [0.1, 0.15) is 17.1 Å². The highest BCUT2D eigenvalue weighted by molar-refractivity contribution is 6.01. The summed E-state index contributed by atoms with van der Waals surface area (Å²) in [7, 11) is 0. The van der Waals surface area contributed by atoms with Gasteiger partial charge in [0.05, 0.1) is 72.7 Å². The van der Waals surface area contributed by atoms with E-state index in [9.17, 15) is 14.4 Å². The average molecular weight is 1510 g/mol. The van der Waals surface area contributed by atoms with Crippen molar-refractivity contribution in [2.75, 3.05) is 167 Å². The fourth-order valence-corrected chi connectivity index (χ4v) is 14.6. The number of hydrogen-bond donors (Lipinski definition) is 7. The zero-order chi connectivity index (χ0) is 76.2. The molecule has 0 bridgehead atoms. The van der Waals surface area contributed by atoms with Gasteiger partial charge in [0.15, 0.2) is 0 Å². The Labute approximate surface area is 649 Å². The highest BCUT2D eigenvalue weighted by Crippen LogP contribution is 2.29. The number of amides is 3. The summed E-state index contributed by atoms with van der Waals surface area (Å²) in [5.74, 6) is 1.42. The van der Waals surface area contributed by atoms with Crippen LogP contribution in [-0.2, 0) is 9.47 Å². The fourth-order valence-electron chi connectivity index (χ4n) is 14.6. The number of hydrogen-bond acceptors (Lipinski definition) is 23. The molecule has 5 fully saturated rings. The van der Waals surface area contributed by atoms with Crippen LogP contribution in [0.2, 0.25) is 0 Å². The van der Waals surface area contributed by atoms with E-state index in [2.05, 4.69) is 112 Å². The van der Waals surface area contributed by atoms with E-state index in [1.807, 2.05) is 155 Å². The number of H-pyrrole nitrogens is 3. The number of ether oxygens (including phenoxy) is 2. The number of unbranched alkanes of at least 4 members (excludes halogenated alkanes) is 1. The third-order valence-electron chi connectivity index (χ3n) is 20.6. The highest BCUT2D eigenvalue weighted by atomic mass is 16.5. The molecule has 29 heteroatoms. The Morgan fingerprint density at radius 1 is 0.402 bits per heavy atom. The Morgan fingerprint density at radius 2 is 0.786 bits per heavy atom. The number of carbonyl (C=O) groups is 3. The van der Waals surface area contributed by atoms with Crippen molar-refractivity contribution in [2.45, 2.75) is 31.7 Å². The molecule has 17 rings (SSSR count). The molecule has 12 aromatic rings. The minimum atomic E-state index is -0.108. The molecule has 29 nitrogen and oxygen atoms in total. The van der Waals surface area contributed by atoms with Gasteiger partial charge < -0.3 is 60.4 Å². The number of piperazine rings is 2. The number of rotatable bonds is 23. The summed E-state index contributed by atoms with van der Waals surface area (Å²) in [6.07, 6.45) is 14.5. The SMILES string of the molecule is N#CCCCN1CCN(C(=O)c2cc3cc(Nc4nccc(-c5ccccn5)n4)ccc3[nH]2)CC1.O=C(NC(CN1CCOCC1)CN1CCOCC1)c1cc2cc(Nc3nccc(-c4ccccn4)n3)ccc2[nH]1.O=C(c1cc2cc(Nc3nccc(-c4ccccn4)n3)ccc2[nH]1)N1CCN(CCN2CCCC2)CC1. The zero-order valence-electron chi connectivity index (χ0n) is 62.6. The number of nitrogens with zero attached hydrogens (tertiary/aromatic N) is 17. The first-order chi connectivity index (χ1) is 55.1. The maximum absolute atomic E-state index is 13.4. The molecule has 0 aliphatic carbocycles. The van der Waals surface area contributed by atoms with Crippen LogP contribution in [-0.4, -0.2) is 269 Å². The van der Waals surface area contributed by atoms with Gasteiger partial charge in [-0.3, -0.25) is 48.9 Å². The average Bonchev–Trinajstić information content (AvgIpc) is 1.69. The predicted octanol–water partition coefficient (Wildman–Crippen LogP) is 9.97. The van der Waals surface area contributed by atoms with Gasteiger partial charge in [0.25, 0.3) is 17.7 Å². The topological polar surface area (TPSA) is 328 Å². The van der Waals surface area contributed by atoms with Crippen molar-refractivity contribution in [1.29, 1.82) is 5.26 Å². The number of aromatic nitrogens is 12. The lowest BCUT2D eigenvalue weighted by Crippen LogP contribution is -2.53. The van der Waals surface area contributed by atoms with Crippen LogP contribution >= 0.6 is 0 Å². The van der Waals surface area contributed by atoms with Gasteiger partial charge in [-0.05, 0) is 166 Å². The van der Waals surface area contributed by atoms with Crippen LogP contribution in [0.3, 0.4) is 0 Å². The van der Waals surface area contributed by atoms with Crippen LogP contribution in [0.15, 0.2) is 183 Å². The summed E-state index contributed by atoms with van der Waals surface area (Å²) in [5.41, 5.74) is 11.6. The lowest BCUT2D eigenvalue weighted by Gasteiger charge is -2.35. The van der Waals surface area contributed by atoms with E-state index in [4.69, 9.17) is 14.7 Å². The van der Waals surface area contributed by atoms with Crippen molar-refractivity contribution < 1.29 is 23.9 Å². The van der Waals surface area contributed by atoms with Crippen molar-refractivity contribution in [1.82, 2.24) is 99.4 Å². The first-order valence-electron chi connectivity index (χ1n) is 38.6. The van der Waals surface area contributed by atoms with Crippen LogP contribution < -0.4 is 21.3 Å². The molecule has 0 unspecified atom stereocenters. The molecule has 0 spiro atoms. The number of pyridine rings is 3. The summed E-state index contributed by atoms with van der Waals surface area (Å²) in [6, 6.07) is 48.3. The minimum absolute atomic E-state index is 0.00382. The zero-order valence-corrected chi connectivity index (χ0v) is 62.6. The number of morpholine rings is 2. The number of nitrogens with one attached hydrogen (secondary N) is 7. The third kappa shape index (κ3) is 20.1. The molecule has 5 aliphatic rings. The monoisotopic (exact) mass is 1500 g/mol. The number of likely N-dealkylation sites (tertiary alicyclic amines) is 1. The number of benzene rings is 3. The number of aromatic amines is 3. The maximum Gasteiger partial charge on any atom is 0.270 e. The van der Waals surface area contributed by atoms with Crippen molar-refractivity contribution in [3.63, 3.8) is 0 Å². The first kappa shape index (κ1) is 75.4. The lowest BCUT2D eigenvalue weighted by atomic mass is 10.2. The molecule has 112 heavy (non-hydrogen) atoms. The van der Waals surface area contributed by atoms with Gasteiger partial charge in [-0.1, -0.05) is 18.2 Å². The smallest absolute Gasteiger partial charge is 0.270 e. The molecular formula is C83H92N24O5. The molecule has 9 aromatic heterocycles. The quantitative estimate of drug-likeness (QED) is 0.0293. The Kier molecular flexibility index (Phi) is 25.0. The first-order valence-corrected chi connectivity index (χ1v) is 38.6. The van der Waals surface area contributed by atoms with Crippen LogP contribution in [0.25, 0.3) is 66.9 Å². The summed E-state index contributed by atoms with van der Waals surface area (Å²) in [5, 5.41) is 24.6. The second-order valence-corrected chi connectivity index (χ2v) is 28.3. The van der Waals surface area contributed by atoms with Crippen LogP contribution in [0.5, 0.6) is 0 Å². The van der Waals surface area contributed by atoms with Gasteiger partial charge in [-0.15, -0.1) is 0 Å². The van der Waals surface area contributed by atoms with Gasteiger partial charge in [0.2, 0.25) is 17.8 Å². The number of nitriles is 1. The Bertz CT molecular complexity index is 5120. The Balaban J connectivity index is 0.000000133. The van der Waals surface area contributed by atoms with E-state index in [1.54, 1.807) is 37.2 Å². The number of carbonyl (C=O) groups excluding carboxylic acids is 3. The second-order valence-electron chi connectivity index (χ2n) is 28.3. The molecule has 3 amide bonds. The summed E-state index contributed by atoms with van der Waals surface area (Å²) < 4.78 is 11.0. The van der Waals surface area contributed by atoms with Gasteiger partial charge in [-0.2, -0.15) is 5.26 Å². The molecule has 0 atom stereocenters. The van der Waals surface area contributed by atoms with Gasteiger partial charge >= 0.3 is 0 Å². The molecule has 0 radical (unpaired) electrons. The van der Waals surface area contributed by atoms with E-state index in [0.29, 0.717) is 54.4 Å². The Morgan fingerprint density at radius 3 is 1.18 bits per heavy atom. The van der Waals surface area contributed by atoms with E-state index < -0.39 is 0 Å². The molecule has 5 saturated heterocycles. The van der Waals surface area contributed by atoms with Gasteiger partial charge in [-0.25, -0.2) is 29.9 Å². The molecule has 3 aromatic carbocycles. The van der Waals surface area contributed by atoms with Crippen LogP contribution in [0, 0.1) is 11.3 Å². The van der Waals surface area contributed by atoms with E-state index in [-0.39, 0.29) is 23.8 Å². The normalized spacial score (nSPS) is 16.0. The third-order valence-corrected chi connectivity index (χ3v) is 20.6. The molecule has 0 saturated carbocycles. The molecule has 7 N–H and O–H groups in total.